The second-order valence-corrected chi connectivity index (χ2v) is 4.12. The summed E-state index contributed by atoms with van der Waals surface area (Å²) < 4.78 is 4.65. The molecule has 0 fully saturated rings. The number of ether oxygens (including phenoxy) is 1. The Morgan fingerprint density at radius 3 is 2.22 bits per heavy atom. The Morgan fingerprint density at radius 1 is 1.33 bits per heavy atom. The molecule has 4 heteroatoms. The van der Waals surface area contributed by atoms with E-state index in [4.69, 9.17) is 0 Å². The lowest BCUT2D eigenvalue weighted by molar-refractivity contribution is -0.138. The van der Waals surface area contributed by atoms with Gasteiger partial charge in [-0.25, -0.2) is 4.79 Å². The summed E-state index contributed by atoms with van der Waals surface area (Å²) in [6.07, 6.45) is 4.71. The fraction of sp³-hybridized carbons (Fsp3) is 0.500. The fourth-order valence-corrected chi connectivity index (χ4v) is 1.35. The van der Waals surface area contributed by atoms with E-state index in [1.54, 1.807) is 19.9 Å². The molecule has 0 bridgehead atoms. The van der Waals surface area contributed by atoms with E-state index in [1.807, 2.05) is 6.92 Å². The summed E-state index contributed by atoms with van der Waals surface area (Å²) in [5.41, 5.74) is 1.57. The summed E-state index contributed by atoms with van der Waals surface area (Å²) in [4.78, 5) is 31.7. The van der Waals surface area contributed by atoms with E-state index in [2.05, 4.69) is 4.74 Å². The molecule has 1 rings (SSSR count). The smallest absolute Gasteiger partial charge is 0.333 e. The van der Waals surface area contributed by atoms with E-state index in [-0.39, 0.29) is 11.6 Å². The Bertz CT molecular complexity index is 389. The average molecular weight is 252 g/mol. The van der Waals surface area contributed by atoms with Crippen molar-refractivity contribution in [2.24, 2.45) is 0 Å². The molecule has 1 aliphatic carbocycles. The first-order valence-corrected chi connectivity index (χ1v) is 5.92. The molecule has 0 aromatic rings. The van der Waals surface area contributed by atoms with E-state index in [0.29, 0.717) is 12.2 Å². The average Bonchev–Trinajstić information content (AvgIpc) is 2.62. The van der Waals surface area contributed by atoms with Crippen LogP contribution in [0.3, 0.4) is 0 Å². The number of rotatable bonds is 3. The third-order valence-corrected chi connectivity index (χ3v) is 2.19. The molecule has 0 radical (unpaired) electrons. The molecule has 0 atom stereocenters. The lowest BCUT2D eigenvalue weighted by Crippen LogP contribution is -2.06. The number of carbonyl (C=O) groups is 3. The summed E-state index contributed by atoms with van der Waals surface area (Å²) in [5, 5.41) is 0. The van der Waals surface area contributed by atoms with E-state index >= 15 is 0 Å². The van der Waals surface area contributed by atoms with Crippen LogP contribution in [0.1, 0.15) is 40.5 Å². The number of esters is 1. The minimum absolute atomic E-state index is 0.143. The Morgan fingerprint density at radius 2 is 1.94 bits per heavy atom. The number of carbonyl (C=O) groups excluding carboxylic acids is 3. The lowest BCUT2D eigenvalue weighted by atomic mass is 10.2. The fourth-order valence-electron chi connectivity index (χ4n) is 1.35. The highest BCUT2D eigenvalue weighted by molar-refractivity contribution is 5.97. The minimum atomic E-state index is -0.428. The Labute approximate surface area is 108 Å². The van der Waals surface area contributed by atoms with Crippen molar-refractivity contribution in [3.8, 4) is 0 Å². The number of hydrogen-bond donors (Lipinski definition) is 0. The highest BCUT2D eigenvalue weighted by atomic mass is 16.5. The quantitative estimate of drug-likeness (QED) is 0.571. The Balaban J connectivity index is 0.000000351. The van der Waals surface area contributed by atoms with Crippen molar-refractivity contribution in [3.05, 3.63) is 23.3 Å². The molecule has 0 amide bonds. The van der Waals surface area contributed by atoms with Crippen LogP contribution in [-0.4, -0.2) is 24.1 Å². The van der Waals surface area contributed by atoms with Gasteiger partial charge in [0.05, 0.1) is 6.61 Å². The van der Waals surface area contributed by atoms with Crippen molar-refractivity contribution in [1.29, 1.82) is 0 Å². The summed E-state index contributed by atoms with van der Waals surface area (Å²) in [7, 11) is 0. The van der Waals surface area contributed by atoms with E-state index < -0.39 is 5.97 Å². The maximum Gasteiger partial charge on any atom is 0.333 e. The number of hydrogen-bond acceptors (Lipinski definition) is 4. The molecule has 4 nitrogen and oxygen atoms in total. The van der Waals surface area contributed by atoms with Crippen molar-refractivity contribution in [3.63, 3.8) is 0 Å². The van der Waals surface area contributed by atoms with Gasteiger partial charge < -0.3 is 4.74 Å². The third-order valence-electron chi connectivity index (χ3n) is 2.19. The normalized spacial score (nSPS) is 14.6. The van der Waals surface area contributed by atoms with Crippen molar-refractivity contribution in [2.75, 3.05) is 6.61 Å². The molecule has 0 aromatic heterocycles. The molecular formula is C14H20O4. The van der Waals surface area contributed by atoms with Crippen LogP contribution in [-0.2, 0) is 19.1 Å². The second kappa shape index (κ2) is 8.39. The lowest BCUT2D eigenvalue weighted by Gasteiger charge is -1.99. The van der Waals surface area contributed by atoms with Crippen LogP contribution in [0, 0.1) is 0 Å². The van der Waals surface area contributed by atoms with Gasteiger partial charge >= 0.3 is 5.97 Å². The molecule has 0 aromatic carbocycles. The van der Waals surface area contributed by atoms with Gasteiger partial charge in [0.2, 0.25) is 0 Å². The Hall–Kier alpha value is -1.71. The van der Waals surface area contributed by atoms with Crippen molar-refractivity contribution in [1.82, 2.24) is 0 Å². The van der Waals surface area contributed by atoms with Gasteiger partial charge in [-0.2, -0.15) is 0 Å². The maximum atomic E-state index is 10.8. The van der Waals surface area contributed by atoms with Gasteiger partial charge in [0.25, 0.3) is 0 Å². The van der Waals surface area contributed by atoms with E-state index in [1.165, 1.54) is 18.6 Å². The number of allylic oxidation sites excluding steroid dienone is 3. The topological polar surface area (TPSA) is 60.4 Å². The second-order valence-electron chi connectivity index (χ2n) is 4.12. The molecule has 0 unspecified atom stereocenters. The summed E-state index contributed by atoms with van der Waals surface area (Å²) in [5.74, 6) is -0.282. The zero-order chi connectivity index (χ0) is 14.1. The van der Waals surface area contributed by atoms with Crippen molar-refractivity contribution >= 4 is 17.5 Å². The predicted octanol–water partition coefficient (Wildman–Crippen LogP) is 2.38. The molecule has 18 heavy (non-hydrogen) atoms. The van der Waals surface area contributed by atoms with Gasteiger partial charge in [0.15, 0.2) is 11.6 Å². The van der Waals surface area contributed by atoms with Gasteiger partial charge in [0.1, 0.15) is 0 Å². The standard InChI is InChI=1S/C8H12O3.C6H8O/c1-4-11-8(10)6(2)5-7(3)9;1-5-2-3-6(7)4-5/h5H,4H2,1-3H3;4H,2-3H2,1H3/b6-5+;. The highest BCUT2D eigenvalue weighted by Gasteiger charge is 2.06. The first-order valence-electron chi connectivity index (χ1n) is 5.92. The van der Waals surface area contributed by atoms with Crippen LogP contribution in [0.25, 0.3) is 0 Å². The van der Waals surface area contributed by atoms with Crippen LogP contribution in [0.4, 0.5) is 0 Å². The zero-order valence-corrected chi connectivity index (χ0v) is 11.4. The first-order chi connectivity index (χ1) is 8.36. The molecule has 0 aliphatic heterocycles. The third kappa shape index (κ3) is 7.54. The van der Waals surface area contributed by atoms with Gasteiger partial charge in [-0.15, -0.1) is 0 Å². The molecule has 100 valence electrons. The molecular weight excluding hydrogens is 232 g/mol. The maximum absolute atomic E-state index is 10.8. The van der Waals surface area contributed by atoms with E-state index in [0.717, 1.165) is 12.8 Å². The van der Waals surface area contributed by atoms with Crippen LogP contribution in [0.15, 0.2) is 23.3 Å². The summed E-state index contributed by atoms with van der Waals surface area (Å²) in [6.45, 7) is 6.99. The van der Waals surface area contributed by atoms with Gasteiger partial charge in [0, 0.05) is 12.0 Å². The molecule has 0 spiro atoms. The van der Waals surface area contributed by atoms with Gasteiger partial charge in [-0.05, 0) is 46.3 Å². The molecule has 0 heterocycles. The molecule has 0 N–H and O–H groups in total. The highest BCUT2D eigenvalue weighted by Crippen LogP contribution is 2.12. The van der Waals surface area contributed by atoms with Crippen LogP contribution in [0.5, 0.6) is 0 Å². The van der Waals surface area contributed by atoms with Crippen LogP contribution < -0.4 is 0 Å². The largest absolute Gasteiger partial charge is 0.463 e. The van der Waals surface area contributed by atoms with Gasteiger partial charge in [-0.1, -0.05) is 5.57 Å². The van der Waals surface area contributed by atoms with E-state index in [9.17, 15) is 14.4 Å². The monoisotopic (exact) mass is 252 g/mol. The minimum Gasteiger partial charge on any atom is -0.463 e. The molecule has 0 saturated carbocycles. The SMILES string of the molecule is CC1=CC(=O)CC1.CCOC(=O)/C(C)=C/C(C)=O. The molecule has 0 saturated heterocycles. The zero-order valence-electron chi connectivity index (χ0n) is 11.4. The Kier molecular flexibility index (Phi) is 7.59. The predicted molar refractivity (Wildman–Crippen MR) is 69.1 cm³/mol. The van der Waals surface area contributed by atoms with Gasteiger partial charge in [-0.3, -0.25) is 9.59 Å². The summed E-state index contributed by atoms with van der Waals surface area (Å²) in [6, 6.07) is 0. The summed E-state index contributed by atoms with van der Waals surface area (Å²) >= 11 is 0. The molecule has 1 aliphatic rings. The van der Waals surface area contributed by atoms with Crippen molar-refractivity contribution in [2.45, 2.75) is 40.5 Å². The van der Waals surface area contributed by atoms with Crippen LogP contribution >= 0.6 is 0 Å². The van der Waals surface area contributed by atoms with Crippen LogP contribution in [0.2, 0.25) is 0 Å². The van der Waals surface area contributed by atoms with Crippen molar-refractivity contribution < 1.29 is 19.1 Å². The first kappa shape index (κ1) is 16.3. The number of ketones is 2.